The number of hydrogen-bond donors (Lipinski definition) is 3. The van der Waals surface area contributed by atoms with Crippen molar-refractivity contribution in [3.63, 3.8) is 0 Å². The molecule has 1 rings (SSSR count). The first-order valence-corrected chi connectivity index (χ1v) is 7.78. The summed E-state index contributed by atoms with van der Waals surface area (Å²) in [6, 6.07) is -0.298. The van der Waals surface area contributed by atoms with E-state index >= 15 is 0 Å². The second-order valence-corrected chi connectivity index (χ2v) is 6.30. The lowest BCUT2D eigenvalue weighted by Gasteiger charge is -2.10. The molecule has 0 radical (unpaired) electrons. The number of nitrogens with zero attached hydrogens (tertiary/aromatic N) is 1. The minimum absolute atomic E-state index is 0.122. The van der Waals surface area contributed by atoms with E-state index in [0.717, 1.165) is 11.3 Å². The largest absolute Gasteiger partial charge is 0.446 e. The maximum atomic E-state index is 11.6. The van der Waals surface area contributed by atoms with Gasteiger partial charge in [-0.05, 0) is 20.8 Å². The smallest absolute Gasteiger partial charge is 0.422 e. The molecule has 1 aromatic rings. The van der Waals surface area contributed by atoms with Crippen molar-refractivity contribution in [2.75, 3.05) is 4.72 Å². The molecule has 0 bridgehead atoms. The van der Waals surface area contributed by atoms with Crippen LogP contribution < -0.4 is 15.2 Å². The number of aromatic nitrogens is 1. The van der Waals surface area contributed by atoms with Gasteiger partial charge in [0.2, 0.25) is 0 Å². The van der Waals surface area contributed by atoms with Crippen LogP contribution in [0.4, 0.5) is 9.93 Å². The van der Waals surface area contributed by atoms with E-state index in [1.807, 2.05) is 0 Å². The normalized spacial score (nSPS) is 13.1. The van der Waals surface area contributed by atoms with Crippen LogP contribution in [0.3, 0.4) is 0 Å². The Morgan fingerprint density at radius 2 is 2.11 bits per heavy atom. The standard InChI is InChI=1S/C9H16N4O4S2/c1-5(2)17-9(14)13-19(15,16)12-8-11-7(4-18-8)6(3)10/h4-6H,10H2,1-3H3,(H,11,12)(H,13,14). The first-order valence-electron chi connectivity index (χ1n) is 5.42. The summed E-state index contributed by atoms with van der Waals surface area (Å²) in [5.41, 5.74) is 6.17. The highest BCUT2D eigenvalue weighted by Gasteiger charge is 2.18. The van der Waals surface area contributed by atoms with Crippen molar-refractivity contribution in [2.24, 2.45) is 5.73 Å². The van der Waals surface area contributed by atoms with Gasteiger partial charge in [0.15, 0.2) is 5.13 Å². The van der Waals surface area contributed by atoms with Crippen LogP contribution in [0.15, 0.2) is 5.38 Å². The number of anilines is 1. The number of nitrogens with one attached hydrogen (secondary N) is 2. The summed E-state index contributed by atoms with van der Waals surface area (Å²) in [4.78, 5) is 15.2. The summed E-state index contributed by atoms with van der Waals surface area (Å²) in [7, 11) is -4.06. The zero-order valence-corrected chi connectivity index (χ0v) is 12.3. The molecule has 0 aliphatic rings. The molecule has 8 nitrogen and oxygen atoms in total. The lowest BCUT2D eigenvalue weighted by molar-refractivity contribution is 0.121. The van der Waals surface area contributed by atoms with Crippen LogP contribution >= 0.6 is 11.3 Å². The van der Waals surface area contributed by atoms with E-state index < -0.39 is 22.4 Å². The molecular weight excluding hydrogens is 292 g/mol. The highest BCUT2D eigenvalue weighted by Crippen LogP contribution is 2.19. The fourth-order valence-electron chi connectivity index (χ4n) is 1.03. The van der Waals surface area contributed by atoms with Crippen molar-refractivity contribution < 1.29 is 17.9 Å². The Bertz CT molecular complexity index is 538. The fourth-order valence-corrected chi connectivity index (χ4v) is 2.80. The number of thiazole rings is 1. The van der Waals surface area contributed by atoms with Gasteiger partial charge in [0.05, 0.1) is 11.8 Å². The molecule has 0 fully saturated rings. The van der Waals surface area contributed by atoms with Crippen LogP contribution in [0.1, 0.15) is 32.5 Å². The van der Waals surface area contributed by atoms with Gasteiger partial charge in [-0.1, -0.05) is 0 Å². The van der Waals surface area contributed by atoms with Gasteiger partial charge in [-0.15, -0.1) is 11.3 Å². The molecule has 0 saturated heterocycles. The summed E-state index contributed by atoms with van der Waals surface area (Å²) < 4.78 is 31.6. The van der Waals surface area contributed by atoms with Crippen LogP contribution in [0.2, 0.25) is 0 Å². The van der Waals surface area contributed by atoms with E-state index in [1.54, 1.807) is 30.9 Å². The molecule has 0 aliphatic heterocycles. The third-order valence-corrected chi connectivity index (χ3v) is 3.57. The van der Waals surface area contributed by atoms with Crippen LogP contribution in [0.25, 0.3) is 0 Å². The molecule has 1 heterocycles. The van der Waals surface area contributed by atoms with E-state index in [0.29, 0.717) is 5.69 Å². The Labute approximate surface area is 115 Å². The predicted octanol–water partition coefficient (Wildman–Crippen LogP) is 0.954. The number of carbonyl (C=O) groups is 1. The Morgan fingerprint density at radius 3 is 2.58 bits per heavy atom. The number of hydrogen-bond acceptors (Lipinski definition) is 7. The molecule has 108 valence electrons. The number of ether oxygens (including phenoxy) is 1. The zero-order chi connectivity index (χ0) is 14.6. The van der Waals surface area contributed by atoms with Crippen molar-refractivity contribution in [1.82, 2.24) is 9.71 Å². The van der Waals surface area contributed by atoms with Crippen molar-refractivity contribution >= 4 is 32.8 Å². The highest BCUT2D eigenvalue weighted by molar-refractivity contribution is 7.91. The molecule has 1 atom stereocenters. The minimum Gasteiger partial charge on any atom is -0.446 e. The monoisotopic (exact) mass is 308 g/mol. The average molecular weight is 308 g/mol. The molecular formula is C9H16N4O4S2. The first kappa shape index (κ1) is 15.7. The maximum absolute atomic E-state index is 11.6. The molecule has 0 spiro atoms. The van der Waals surface area contributed by atoms with Crippen molar-refractivity contribution in [1.29, 1.82) is 0 Å². The topological polar surface area (TPSA) is 123 Å². The molecule has 0 aliphatic carbocycles. The average Bonchev–Trinajstić information content (AvgIpc) is 2.62. The quantitative estimate of drug-likeness (QED) is 0.744. The number of amides is 1. The lowest BCUT2D eigenvalue weighted by Crippen LogP contribution is -2.36. The van der Waals surface area contributed by atoms with Gasteiger partial charge in [0.25, 0.3) is 0 Å². The van der Waals surface area contributed by atoms with E-state index in [1.165, 1.54) is 0 Å². The van der Waals surface area contributed by atoms with E-state index in [2.05, 4.69) is 14.4 Å². The van der Waals surface area contributed by atoms with Crippen LogP contribution in [0.5, 0.6) is 0 Å². The summed E-state index contributed by atoms with van der Waals surface area (Å²) in [5, 5.41) is 1.76. The Kier molecular flexibility index (Phi) is 5.09. The highest BCUT2D eigenvalue weighted by atomic mass is 32.2. The van der Waals surface area contributed by atoms with Crippen molar-refractivity contribution in [3.8, 4) is 0 Å². The molecule has 0 aromatic carbocycles. The van der Waals surface area contributed by atoms with Gasteiger partial charge >= 0.3 is 16.3 Å². The fraction of sp³-hybridized carbons (Fsp3) is 0.556. The van der Waals surface area contributed by atoms with Gasteiger partial charge in [-0.2, -0.15) is 8.42 Å². The van der Waals surface area contributed by atoms with Gasteiger partial charge < -0.3 is 10.5 Å². The molecule has 4 N–H and O–H groups in total. The first-order chi connectivity index (χ1) is 8.69. The number of rotatable bonds is 5. The van der Waals surface area contributed by atoms with Gasteiger partial charge in [0, 0.05) is 11.4 Å². The Balaban J connectivity index is 2.66. The third kappa shape index (κ3) is 5.41. The number of nitrogens with two attached hydrogens (primary N) is 1. The SMILES string of the molecule is CC(C)OC(=O)NS(=O)(=O)Nc1nc(C(C)N)cs1. The second-order valence-electron chi connectivity index (χ2n) is 4.03. The third-order valence-electron chi connectivity index (χ3n) is 1.77. The molecule has 1 unspecified atom stereocenters. The molecule has 10 heteroatoms. The summed E-state index contributed by atoms with van der Waals surface area (Å²) in [6.07, 6.45) is -1.47. The maximum Gasteiger partial charge on any atom is 0.422 e. The van der Waals surface area contributed by atoms with Crippen LogP contribution in [0, 0.1) is 0 Å². The van der Waals surface area contributed by atoms with Gasteiger partial charge in [-0.25, -0.2) is 19.2 Å². The van der Waals surface area contributed by atoms with Crippen molar-refractivity contribution in [3.05, 3.63) is 11.1 Å². The van der Waals surface area contributed by atoms with Crippen molar-refractivity contribution in [2.45, 2.75) is 32.9 Å². The number of carbonyl (C=O) groups excluding carboxylic acids is 1. The molecule has 1 aromatic heterocycles. The minimum atomic E-state index is -4.06. The molecule has 1 amide bonds. The summed E-state index contributed by atoms with van der Waals surface area (Å²) >= 11 is 1.07. The van der Waals surface area contributed by atoms with Gasteiger partial charge in [0.1, 0.15) is 0 Å². The van der Waals surface area contributed by atoms with E-state index in [-0.39, 0.29) is 11.2 Å². The van der Waals surface area contributed by atoms with Crippen LogP contribution in [-0.4, -0.2) is 25.6 Å². The van der Waals surface area contributed by atoms with E-state index in [9.17, 15) is 13.2 Å². The summed E-state index contributed by atoms with van der Waals surface area (Å²) in [6.45, 7) is 4.94. The lowest BCUT2D eigenvalue weighted by atomic mass is 10.3. The van der Waals surface area contributed by atoms with Crippen LogP contribution in [-0.2, 0) is 14.9 Å². The predicted molar refractivity (Wildman–Crippen MR) is 72.0 cm³/mol. The second kappa shape index (κ2) is 6.17. The molecule has 0 saturated carbocycles. The Hall–Kier alpha value is -1.39. The Morgan fingerprint density at radius 1 is 1.47 bits per heavy atom. The summed E-state index contributed by atoms with van der Waals surface area (Å²) in [5.74, 6) is 0. The molecule has 19 heavy (non-hydrogen) atoms. The zero-order valence-electron chi connectivity index (χ0n) is 10.7. The van der Waals surface area contributed by atoms with Gasteiger partial charge in [-0.3, -0.25) is 0 Å². The van der Waals surface area contributed by atoms with E-state index in [4.69, 9.17) is 5.73 Å².